The third-order valence-corrected chi connectivity index (χ3v) is 2.24. The maximum atomic E-state index is 4.41. The molecule has 0 aromatic rings. The molecule has 0 N–H and O–H groups in total. The van der Waals surface area contributed by atoms with E-state index >= 15 is 0 Å². The summed E-state index contributed by atoms with van der Waals surface area (Å²) < 4.78 is 0. The molecule has 9 heavy (non-hydrogen) atoms. The minimum Gasteiger partial charge on any atom is -0.657 e. The Morgan fingerprint density at radius 2 is 2.33 bits per heavy atom. The first-order valence-electron chi connectivity index (χ1n) is 3.23. The quantitative estimate of drug-likeness (QED) is 0.634. The number of rotatable bonds is 0. The van der Waals surface area contributed by atoms with Gasteiger partial charge in [-0.3, -0.25) is 0 Å². The van der Waals surface area contributed by atoms with Crippen LogP contribution in [0.2, 0.25) is 0 Å². The average Bonchev–Trinajstić information content (AvgIpc) is 2.23. The number of hydrogen-bond acceptors (Lipinski definition) is 1. The Kier molecular flexibility index (Phi) is 2.28. The fraction of sp³-hybridized carbons (Fsp3) is 1.00. The van der Waals surface area contributed by atoms with Crippen LogP contribution in [-0.4, -0.2) is 37.1 Å². The smallest absolute Gasteiger partial charge is 0 e. The van der Waals surface area contributed by atoms with Gasteiger partial charge in [-0.15, -0.1) is 12.6 Å². The summed E-state index contributed by atoms with van der Waals surface area (Å²) in [7, 11) is 2.19. The SMILES string of the molecule is CN1CC2CC1C[N-]2.[Re]. The molecule has 0 aliphatic carbocycles. The third-order valence-electron chi connectivity index (χ3n) is 2.24. The van der Waals surface area contributed by atoms with Crippen molar-refractivity contribution >= 4 is 0 Å². The molecular weight excluding hydrogens is 286 g/mol. The molecule has 2 heterocycles. The molecule has 3 heteroatoms. The van der Waals surface area contributed by atoms with E-state index in [4.69, 9.17) is 0 Å². The van der Waals surface area contributed by atoms with E-state index in [9.17, 15) is 0 Å². The summed E-state index contributed by atoms with van der Waals surface area (Å²) in [6, 6.07) is 1.50. The molecule has 2 unspecified atom stereocenters. The van der Waals surface area contributed by atoms with Crippen molar-refractivity contribution in [3.8, 4) is 0 Å². The van der Waals surface area contributed by atoms with Crippen LogP contribution in [0.1, 0.15) is 6.42 Å². The number of piperazine rings is 1. The number of likely N-dealkylation sites (tertiary alicyclic amines) is 1. The summed E-state index contributed by atoms with van der Waals surface area (Å²) in [4.78, 5) is 2.41. The van der Waals surface area contributed by atoms with Crippen LogP contribution in [0.25, 0.3) is 5.32 Å². The van der Waals surface area contributed by atoms with E-state index in [1.807, 2.05) is 0 Å². The van der Waals surface area contributed by atoms with Crippen LogP contribution in [0.3, 0.4) is 0 Å². The predicted octanol–water partition coefficient (Wildman–Crippen LogP) is 0.444. The summed E-state index contributed by atoms with van der Waals surface area (Å²) in [5.41, 5.74) is 0. The van der Waals surface area contributed by atoms with Crippen molar-refractivity contribution in [2.24, 2.45) is 0 Å². The van der Waals surface area contributed by atoms with Gasteiger partial charge in [-0.25, -0.2) is 0 Å². The van der Waals surface area contributed by atoms with Gasteiger partial charge in [0.15, 0.2) is 0 Å². The molecule has 2 aliphatic heterocycles. The Balaban J connectivity index is 0.000000405. The second-order valence-corrected chi connectivity index (χ2v) is 2.85. The summed E-state index contributed by atoms with van der Waals surface area (Å²) in [5.74, 6) is 0. The zero-order valence-corrected chi connectivity index (χ0v) is 8.26. The Morgan fingerprint density at radius 1 is 1.56 bits per heavy atom. The molecule has 2 atom stereocenters. The molecule has 2 aliphatic rings. The van der Waals surface area contributed by atoms with Gasteiger partial charge in [0.25, 0.3) is 0 Å². The topological polar surface area (TPSA) is 17.3 Å². The van der Waals surface area contributed by atoms with Crippen LogP contribution in [0.5, 0.6) is 0 Å². The van der Waals surface area contributed by atoms with E-state index in [0.717, 1.165) is 12.6 Å². The molecule has 2 saturated heterocycles. The molecule has 0 aromatic heterocycles. The number of likely N-dealkylation sites (N-methyl/N-ethyl adjacent to an activating group) is 1. The Bertz CT molecular complexity index is 105. The van der Waals surface area contributed by atoms with Gasteiger partial charge in [-0.2, -0.15) is 0 Å². The fourth-order valence-electron chi connectivity index (χ4n) is 1.67. The monoisotopic (exact) mass is 298 g/mol. The first kappa shape index (κ1) is 7.69. The zero-order chi connectivity index (χ0) is 5.56. The Hall–Kier alpha value is 0.582. The van der Waals surface area contributed by atoms with E-state index in [-0.39, 0.29) is 20.4 Å². The van der Waals surface area contributed by atoms with Crippen LogP contribution >= 0.6 is 0 Å². The number of nitrogens with zero attached hydrogens (tertiary/aromatic N) is 2. The fourth-order valence-corrected chi connectivity index (χ4v) is 1.67. The summed E-state index contributed by atoms with van der Waals surface area (Å²) in [6.45, 7) is 2.31. The predicted molar refractivity (Wildman–Crippen MR) is 33.0 cm³/mol. The average molecular weight is 297 g/mol. The molecule has 53 valence electrons. The molecule has 2 bridgehead atoms. The molecular formula is C6H11N2Re-. The largest absolute Gasteiger partial charge is 0.657 e. The first-order chi connectivity index (χ1) is 3.86. The second-order valence-electron chi connectivity index (χ2n) is 2.85. The van der Waals surface area contributed by atoms with Crippen molar-refractivity contribution in [1.29, 1.82) is 0 Å². The molecule has 0 amide bonds. The van der Waals surface area contributed by atoms with Gasteiger partial charge >= 0.3 is 0 Å². The van der Waals surface area contributed by atoms with Gasteiger partial charge in [0, 0.05) is 20.4 Å². The van der Waals surface area contributed by atoms with Crippen LogP contribution in [-0.2, 0) is 20.4 Å². The molecule has 2 fully saturated rings. The molecule has 2 rings (SSSR count). The molecule has 2 nitrogen and oxygen atoms in total. The molecule has 0 spiro atoms. The standard InChI is InChI=1S/C6H11N2.Re/c1-8-4-5-2-6(8)3-7-5;/h5-6H,2-4H2,1H3;/q-1;. The molecule has 0 aromatic carbocycles. The number of hydrogen-bond donors (Lipinski definition) is 0. The van der Waals surface area contributed by atoms with Crippen molar-refractivity contribution in [2.75, 3.05) is 20.1 Å². The van der Waals surface area contributed by atoms with Crippen molar-refractivity contribution in [3.63, 3.8) is 0 Å². The van der Waals surface area contributed by atoms with Crippen LogP contribution < -0.4 is 0 Å². The zero-order valence-electron chi connectivity index (χ0n) is 5.55. The maximum Gasteiger partial charge on any atom is 0 e. The van der Waals surface area contributed by atoms with Gasteiger partial charge in [0.1, 0.15) is 0 Å². The van der Waals surface area contributed by atoms with Crippen molar-refractivity contribution in [1.82, 2.24) is 4.90 Å². The third kappa shape index (κ3) is 1.20. The van der Waals surface area contributed by atoms with Crippen LogP contribution in [0.4, 0.5) is 0 Å². The van der Waals surface area contributed by atoms with Gasteiger partial charge in [-0.05, 0) is 19.6 Å². The molecule has 0 saturated carbocycles. The van der Waals surface area contributed by atoms with E-state index in [2.05, 4.69) is 17.3 Å². The van der Waals surface area contributed by atoms with Crippen molar-refractivity contribution < 1.29 is 20.4 Å². The van der Waals surface area contributed by atoms with E-state index < -0.39 is 0 Å². The van der Waals surface area contributed by atoms with E-state index in [0.29, 0.717) is 6.04 Å². The minimum atomic E-state index is 0. The molecule has 1 radical (unpaired) electrons. The Morgan fingerprint density at radius 3 is 2.56 bits per heavy atom. The van der Waals surface area contributed by atoms with E-state index in [1.165, 1.54) is 13.0 Å². The summed E-state index contributed by atoms with van der Waals surface area (Å²) in [6.07, 6.45) is 1.33. The van der Waals surface area contributed by atoms with Gasteiger partial charge in [-0.1, -0.05) is 6.42 Å². The number of fused-ring (bicyclic) bond motifs is 2. The Labute approximate surface area is 69.6 Å². The minimum absolute atomic E-state index is 0. The summed E-state index contributed by atoms with van der Waals surface area (Å²) in [5, 5.41) is 4.41. The van der Waals surface area contributed by atoms with Crippen LogP contribution in [0, 0.1) is 0 Å². The summed E-state index contributed by atoms with van der Waals surface area (Å²) >= 11 is 0. The van der Waals surface area contributed by atoms with E-state index in [1.54, 1.807) is 0 Å². The van der Waals surface area contributed by atoms with Gasteiger partial charge in [0.05, 0.1) is 0 Å². The maximum absolute atomic E-state index is 4.41. The van der Waals surface area contributed by atoms with Crippen molar-refractivity contribution in [2.45, 2.75) is 18.5 Å². The van der Waals surface area contributed by atoms with Gasteiger partial charge in [0.2, 0.25) is 0 Å². The van der Waals surface area contributed by atoms with Crippen LogP contribution in [0.15, 0.2) is 0 Å². The second kappa shape index (κ2) is 2.67. The van der Waals surface area contributed by atoms with Crippen molar-refractivity contribution in [3.05, 3.63) is 5.32 Å². The first-order valence-corrected chi connectivity index (χ1v) is 3.23. The normalized spacial score (nSPS) is 41.0. The van der Waals surface area contributed by atoms with Gasteiger partial charge < -0.3 is 10.2 Å².